The van der Waals surface area contributed by atoms with E-state index in [1.54, 1.807) is 6.07 Å². The highest BCUT2D eigenvalue weighted by Crippen LogP contribution is 2.34. The molecule has 0 saturated carbocycles. The lowest BCUT2D eigenvalue weighted by atomic mass is 9.91. The minimum atomic E-state index is -3.41. The summed E-state index contributed by atoms with van der Waals surface area (Å²) in [7, 11) is -1.93. The number of nitrogens with one attached hydrogen (secondary N) is 1. The Kier molecular flexibility index (Phi) is 6.60. The Morgan fingerprint density at radius 2 is 1.81 bits per heavy atom. The minimum absolute atomic E-state index is 0.0574. The Balaban J connectivity index is 1.48. The van der Waals surface area contributed by atoms with Gasteiger partial charge in [0.2, 0.25) is 0 Å². The molecular weight excluding hydrogens is 432 g/mol. The van der Waals surface area contributed by atoms with Crippen molar-refractivity contribution in [3.05, 3.63) is 59.7 Å². The Morgan fingerprint density at radius 1 is 1.13 bits per heavy atom. The highest BCUT2D eigenvalue weighted by atomic mass is 32.2. The standard InChI is InChI=1S/C23H28N2O4S2/c1-29-22-9-8-20(31(2,27)28)12-21(22)23(26)24-17-10-18-14-30-15-19(11-17)25(18)13-16-6-4-3-5-7-16/h3-9,12,17-19H,10-11,13-15H2,1-2H3,(H,24,26). The maximum absolute atomic E-state index is 13.1. The summed E-state index contributed by atoms with van der Waals surface area (Å²) in [5.74, 6) is 2.21. The molecule has 8 heteroatoms. The molecule has 166 valence electrons. The lowest BCUT2D eigenvalue weighted by Gasteiger charge is -2.48. The molecule has 2 aliphatic rings. The van der Waals surface area contributed by atoms with Gasteiger partial charge in [-0.3, -0.25) is 9.69 Å². The highest BCUT2D eigenvalue weighted by molar-refractivity contribution is 7.99. The molecule has 0 aliphatic carbocycles. The first-order valence-electron chi connectivity index (χ1n) is 10.4. The van der Waals surface area contributed by atoms with Gasteiger partial charge in [-0.15, -0.1) is 0 Å². The first kappa shape index (κ1) is 22.2. The Morgan fingerprint density at radius 3 is 2.42 bits per heavy atom. The quantitative estimate of drug-likeness (QED) is 0.714. The molecule has 0 spiro atoms. The molecule has 2 atom stereocenters. The van der Waals surface area contributed by atoms with Crippen molar-refractivity contribution < 1.29 is 17.9 Å². The Bertz CT molecular complexity index is 1030. The van der Waals surface area contributed by atoms with Crippen LogP contribution in [0.25, 0.3) is 0 Å². The number of amides is 1. The zero-order valence-electron chi connectivity index (χ0n) is 17.8. The summed E-state index contributed by atoms with van der Waals surface area (Å²) in [4.78, 5) is 15.8. The van der Waals surface area contributed by atoms with Crippen molar-refractivity contribution in [2.75, 3.05) is 24.9 Å². The normalized spacial score (nSPS) is 23.9. The number of carbonyl (C=O) groups is 1. The van der Waals surface area contributed by atoms with Crippen LogP contribution in [0.2, 0.25) is 0 Å². The molecule has 2 saturated heterocycles. The molecule has 2 bridgehead atoms. The van der Waals surface area contributed by atoms with Gasteiger partial charge in [0.25, 0.3) is 5.91 Å². The molecule has 2 aromatic rings. The molecule has 4 rings (SSSR count). The number of methoxy groups -OCH3 is 1. The Hall–Kier alpha value is -2.03. The van der Waals surface area contributed by atoms with E-state index in [0.717, 1.165) is 37.1 Å². The zero-order chi connectivity index (χ0) is 22.0. The predicted octanol–water partition coefficient (Wildman–Crippen LogP) is 2.98. The number of piperidine rings is 1. The third-order valence-electron chi connectivity index (χ3n) is 6.06. The summed E-state index contributed by atoms with van der Waals surface area (Å²) >= 11 is 1.99. The summed E-state index contributed by atoms with van der Waals surface area (Å²) in [6.07, 6.45) is 2.91. The van der Waals surface area contributed by atoms with Crippen molar-refractivity contribution in [3.8, 4) is 5.75 Å². The molecule has 0 radical (unpaired) electrons. The second-order valence-electron chi connectivity index (χ2n) is 8.28. The second-order valence-corrected chi connectivity index (χ2v) is 11.4. The van der Waals surface area contributed by atoms with E-state index < -0.39 is 9.84 Å². The van der Waals surface area contributed by atoms with Crippen LogP contribution in [0.4, 0.5) is 0 Å². The number of ether oxygens (including phenoxy) is 1. The van der Waals surface area contributed by atoms with Gasteiger partial charge in [0.05, 0.1) is 17.6 Å². The smallest absolute Gasteiger partial charge is 0.255 e. The van der Waals surface area contributed by atoms with Crippen LogP contribution in [0.3, 0.4) is 0 Å². The summed E-state index contributed by atoms with van der Waals surface area (Å²) in [5.41, 5.74) is 1.57. The number of sulfone groups is 1. The number of nitrogens with zero attached hydrogens (tertiary/aromatic N) is 1. The number of fused-ring (bicyclic) bond motifs is 2. The minimum Gasteiger partial charge on any atom is -0.496 e. The van der Waals surface area contributed by atoms with Crippen molar-refractivity contribution >= 4 is 27.5 Å². The van der Waals surface area contributed by atoms with Gasteiger partial charge in [0, 0.05) is 42.4 Å². The maximum Gasteiger partial charge on any atom is 0.255 e. The topological polar surface area (TPSA) is 75.7 Å². The van der Waals surface area contributed by atoms with Gasteiger partial charge in [-0.25, -0.2) is 8.42 Å². The van der Waals surface area contributed by atoms with E-state index in [2.05, 4.69) is 34.5 Å². The van der Waals surface area contributed by atoms with E-state index in [1.165, 1.54) is 24.8 Å². The van der Waals surface area contributed by atoms with Crippen LogP contribution in [-0.4, -0.2) is 62.2 Å². The fourth-order valence-electron chi connectivity index (χ4n) is 4.52. The molecule has 31 heavy (non-hydrogen) atoms. The van der Waals surface area contributed by atoms with Gasteiger partial charge in [0.1, 0.15) is 5.75 Å². The van der Waals surface area contributed by atoms with E-state index in [-0.39, 0.29) is 22.4 Å². The number of benzene rings is 2. The fraction of sp³-hybridized carbons (Fsp3) is 0.435. The van der Waals surface area contributed by atoms with Crippen molar-refractivity contribution in [1.29, 1.82) is 0 Å². The van der Waals surface area contributed by atoms with Crippen LogP contribution >= 0.6 is 11.8 Å². The molecule has 2 unspecified atom stereocenters. The average Bonchev–Trinajstić information content (AvgIpc) is 2.74. The SMILES string of the molecule is COc1ccc(S(C)(=O)=O)cc1C(=O)NC1CC2CSCC(C1)N2Cc1ccccc1. The summed E-state index contributed by atoms with van der Waals surface area (Å²) in [5, 5.41) is 3.15. The van der Waals surface area contributed by atoms with E-state index in [0.29, 0.717) is 17.8 Å². The average molecular weight is 461 g/mol. The third kappa shape index (κ3) is 5.07. The fourth-order valence-corrected chi connectivity index (χ4v) is 6.50. The largest absolute Gasteiger partial charge is 0.496 e. The van der Waals surface area contributed by atoms with Gasteiger partial charge in [-0.2, -0.15) is 11.8 Å². The Labute approximate surface area is 188 Å². The molecule has 6 nitrogen and oxygen atoms in total. The van der Waals surface area contributed by atoms with Gasteiger partial charge in [-0.05, 0) is 36.6 Å². The van der Waals surface area contributed by atoms with E-state index in [9.17, 15) is 13.2 Å². The second kappa shape index (κ2) is 9.22. The van der Waals surface area contributed by atoms with Crippen LogP contribution in [0, 0.1) is 0 Å². The van der Waals surface area contributed by atoms with Gasteiger partial charge < -0.3 is 10.1 Å². The number of carbonyl (C=O) groups excluding carboxylic acids is 1. The van der Waals surface area contributed by atoms with Crippen LogP contribution in [0.1, 0.15) is 28.8 Å². The van der Waals surface area contributed by atoms with Gasteiger partial charge >= 0.3 is 0 Å². The predicted molar refractivity (Wildman–Crippen MR) is 123 cm³/mol. The summed E-state index contributed by atoms with van der Waals surface area (Å²) < 4.78 is 29.2. The molecule has 0 aromatic heterocycles. The van der Waals surface area contributed by atoms with Crippen LogP contribution < -0.4 is 10.1 Å². The van der Waals surface area contributed by atoms with E-state index in [4.69, 9.17) is 4.74 Å². The molecule has 2 aromatic carbocycles. The molecule has 1 N–H and O–H groups in total. The van der Waals surface area contributed by atoms with Crippen molar-refractivity contribution in [3.63, 3.8) is 0 Å². The maximum atomic E-state index is 13.1. The van der Waals surface area contributed by atoms with Crippen LogP contribution in [-0.2, 0) is 16.4 Å². The number of hydrogen-bond donors (Lipinski definition) is 1. The van der Waals surface area contributed by atoms with Gasteiger partial charge in [0.15, 0.2) is 9.84 Å². The zero-order valence-corrected chi connectivity index (χ0v) is 19.4. The molecule has 2 heterocycles. The van der Waals surface area contributed by atoms with Crippen molar-refractivity contribution in [2.45, 2.75) is 42.4 Å². The first-order valence-corrected chi connectivity index (χ1v) is 13.5. The number of hydrogen-bond acceptors (Lipinski definition) is 6. The third-order valence-corrected chi connectivity index (χ3v) is 8.41. The summed E-state index contributed by atoms with van der Waals surface area (Å²) in [6.45, 7) is 0.932. The highest BCUT2D eigenvalue weighted by Gasteiger charge is 2.39. The molecule has 2 fully saturated rings. The van der Waals surface area contributed by atoms with E-state index in [1.807, 2.05) is 17.8 Å². The van der Waals surface area contributed by atoms with Crippen LogP contribution in [0.5, 0.6) is 5.75 Å². The van der Waals surface area contributed by atoms with Crippen LogP contribution in [0.15, 0.2) is 53.4 Å². The number of thioether (sulfide) groups is 1. The van der Waals surface area contributed by atoms with Crippen molar-refractivity contribution in [2.24, 2.45) is 0 Å². The molecule has 1 amide bonds. The number of rotatable bonds is 6. The van der Waals surface area contributed by atoms with Crippen molar-refractivity contribution in [1.82, 2.24) is 10.2 Å². The molecular formula is C23H28N2O4S2. The van der Waals surface area contributed by atoms with E-state index >= 15 is 0 Å². The lowest BCUT2D eigenvalue weighted by molar-refractivity contribution is 0.0666. The lowest BCUT2D eigenvalue weighted by Crippen LogP contribution is -2.58. The van der Waals surface area contributed by atoms with Gasteiger partial charge in [-0.1, -0.05) is 30.3 Å². The monoisotopic (exact) mass is 460 g/mol. The first-order chi connectivity index (χ1) is 14.8. The molecule has 2 aliphatic heterocycles. The summed E-state index contributed by atoms with van der Waals surface area (Å²) in [6, 6.07) is 15.8.